The van der Waals surface area contributed by atoms with Crippen LogP contribution in [0.25, 0.3) is 21.0 Å². The van der Waals surface area contributed by atoms with Gasteiger partial charge in [0.15, 0.2) is 0 Å². The number of hydrogen-bond donors (Lipinski definition) is 0. The smallest absolute Gasteiger partial charge is 0.333 e. The van der Waals surface area contributed by atoms with Crippen molar-refractivity contribution in [2.75, 3.05) is 33.4 Å². The van der Waals surface area contributed by atoms with Crippen molar-refractivity contribution < 1.29 is 23.4 Å². The third-order valence-electron chi connectivity index (χ3n) is 7.49. The molecule has 12 heteroatoms. The number of amides is 1. The van der Waals surface area contributed by atoms with E-state index in [2.05, 4.69) is 4.98 Å². The summed E-state index contributed by atoms with van der Waals surface area (Å²) in [6.07, 6.45) is 2.22. The quantitative estimate of drug-likeness (QED) is 0.285. The molecule has 1 aliphatic rings. The number of carbonyl (C=O) groups excluding carboxylic acids is 1. The molecule has 0 aliphatic carbocycles. The van der Waals surface area contributed by atoms with Crippen molar-refractivity contribution in [3.05, 3.63) is 68.7 Å². The Bertz CT molecular complexity index is 1690. The molecule has 11 nitrogen and oxygen atoms in total. The van der Waals surface area contributed by atoms with Gasteiger partial charge in [-0.3, -0.25) is 14.2 Å². The lowest BCUT2D eigenvalue weighted by atomic mass is 10.0. The Balaban J connectivity index is 1.76. The van der Waals surface area contributed by atoms with Crippen LogP contribution in [-0.2, 0) is 26.4 Å². The second kappa shape index (κ2) is 11.9. The zero-order valence-corrected chi connectivity index (χ0v) is 25.5. The van der Waals surface area contributed by atoms with Gasteiger partial charge < -0.3 is 23.5 Å². The van der Waals surface area contributed by atoms with Gasteiger partial charge in [-0.1, -0.05) is 18.2 Å². The minimum absolute atomic E-state index is 0.0704. The molecule has 1 aliphatic heterocycles. The molecule has 0 spiro atoms. The summed E-state index contributed by atoms with van der Waals surface area (Å²) < 4.78 is 25.6. The van der Waals surface area contributed by atoms with E-state index in [4.69, 9.17) is 18.6 Å². The lowest BCUT2D eigenvalue weighted by molar-refractivity contribution is -0.143. The molecule has 4 aromatic rings. The van der Waals surface area contributed by atoms with Crippen molar-refractivity contribution >= 4 is 27.5 Å². The van der Waals surface area contributed by atoms with Crippen molar-refractivity contribution in [2.24, 2.45) is 0 Å². The van der Waals surface area contributed by atoms with E-state index in [0.717, 1.165) is 10.1 Å². The number of aromatic nitrogens is 3. The van der Waals surface area contributed by atoms with E-state index in [1.165, 1.54) is 28.4 Å². The first-order chi connectivity index (χ1) is 20.1. The van der Waals surface area contributed by atoms with E-state index in [-0.39, 0.29) is 18.6 Å². The molecule has 1 saturated heterocycles. The van der Waals surface area contributed by atoms with E-state index in [0.29, 0.717) is 58.6 Å². The van der Waals surface area contributed by atoms with Gasteiger partial charge in [0, 0.05) is 18.7 Å². The molecule has 0 N–H and O–H groups in total. The summed E-state index contributed by atoms with van der Waals surface area (Å²) in [7, 11) is 1.58. The predicted octanol–water partition coefficient (Wildman–Crippen LogP) is 3.96. The van der Waals surface area contributed by atoms with Gasteiger partial charge in [-0.05, 0) is 46.2 Å². The van der Waals surface area contributed by atoms with Crippen LogP contribution in [0, 0.1) is 6.92 Å². The van der Waals surface area contributed by atoms with Crippen molar-refractivity contribution in [1.82, 2.24) is 19.0 Å². The molecule has 5 rings (SSSR count). The van der Waals surface area contributed by atoms with Gasteiger partial charge in [0.2, 0.25) is 11.8 Å². The standard InChI is InChI=1S/C30H36N4O7S/c1-18(2)41-22(20-9-7-8-10-21(20)38-6)17-33-27-23(19(3)24(42-27)25-31-11-14-40-25)26(35)34(29(33)37)30(4,5)28(36)32-12-15-39-16-13-32/h7-11,14,18,22H,12-13,15-17H2,1-6H3. The van der Waals surface area contributed by atoms with Crippen LogP contribution in [0.2, 0.25) is 0 Å². The fraction of sp³-hybridized carbons (Fsp3) is 0.467. The second-order valence-electron chi connectivity index (χ2n) is 11.0. The molecule has 224 valence electrons. The normalized spacial score (nSPS) is 15.0. The number of thiophene rings is 1. The highest BCUT2D eigenvalue weighted by Gasteiger charge is 2.39. The lowest BCUT2D eigenvalue weighted by Crippen LogP contribution is -2.58. The lowest BCUT2D eigenvalue weighted by Gasteiger charge is -2.35. The van der Waals surface area contributed by atoms with E-state index in [1.807, 2.05) is 38.1 Å². The van der Waals surface area contributed by atoms with Gasteiger partial charge in [0.25, 0.3) is 5.56 Å². The number of nitrogens with zero attached hydrogens (tertiary/aromatic N) is 4. The minimum atomic E-state index is -1.47. The summed E-state index contributed by atoms with van der Waals surface area (Å²) in [6.45, 7) is 10.5. The summed E-state index contributed by atoms with van der Waals surface area (Å²) in [5, 5.41) is 0.332. The van der Waals surface area contributed by atoms with E-state index in [1.54, 1.807) is 32.8 Å². The van der Waals surface area contributed by atoms with Gasteiger partial charge in [-0.15, -0.1) is 11.3 Å². The molecule has 0 radical (unpaired) electrons. The number of para-hydroxylation sites is 1. The summed E-state index contributed by atoms with van der Waals surface area (Å²) in [5.74, 6) is 0.643. The number of aryl methyl sites for hydroxylation is 1. The zero-order chi connectivity index (χ0) is 30.2. The van der Waals surface area contributed by atoms with Crippen LogP contribution < -0.4 is 16.0 Å². The Morgan fingerprint density at radius 2 is 1.88 bits per heavy atom. The first-order valence-electron chi connectivity index (χ1n) is 13.9. The molecule has 1 unspecified atom stereocenters. The number of hydrogen-bond acceptors (Lipinski definition) is 9. The number of morpholine rings is 1. The van der Waals surface area contributed by atoms with Crippen molar-refractivity contribution in [3.8, 4) is 16.5 Å². The van der Waals surface area contributed by atoms with Crippen LogP contribution in [0.5, 0.6) is 5.75 Å². The van der Waals surface area contributed by atoms with E-state index in [9.17, 15) is 14.4 Å². The molecule has 1 fully saturated rings. The van der Waals surface area contributed by atoms with E-state index >= 15 is 0 Å². The molecule has 1 aromatic carbocycles. The summed E-state index contributed by atoms with van der Waals surface area (Å²) in [5.41, 5.74) is -1.23. The molecule has 42 heavy (non-hydrogen) atoms. The minimum Gasteiger partial charge on any atom is -0.496 e. The monoisotopic (exact) mass is 596 g/mol. The van der Waals surface area contributed by atoms with E-state index < -0.39 is 22.9 Å². The molecule has 0 saturated carbocycles. The number of oxazole rings is 1. The van der Waals surface area contributed by atoms with Crippen molar-refractivity contribution in [2.45, 2.75) is 58.9 Å². The highest BCUT2D eigenvalue weighted by atomic mass is 32.1. The Morgan fingerprint density at radius 3 is 2.52 bits per heavy atom. The van der Waals surface area contributed by atoms with Gasteiger partial charge in [0.05, 0.1) is 49.4 Å². The Hall–Kier alpha value is -3.74. The Morgan fingerprint density at radius 1 is 1.17 bits per heavy atom. The number of methoxy groups -OCH3 is 1. The number of fused-ring (bicyclic) bond motifs is 1. The van der Waals surface area contributed by atoms with Crippen LogP contribution in [0.15, 0.2) is 50.7 Å². The predicted molar refractivity (Wildman–Crippen MR) is 159 cm³/mol. The zero-order valence-electron chi connectivity index (χ0n) is 24.7. The molecular formula is C30H36N4O7S. The van der Waals surface area contributed by atoms with Gasteiger partial charge in [0.1, 0.15) is 28.5 Å². The first kappa shape index (κ1) is 29.7. The molecular weight excluding hydrogens is 560 g/mol. The average Bonchev–Trinajstić information content (AvgIpc) is 3.62. The largest absolute Gasteiger partial charge is 0.496 e. The van der Waals surface area contributed by atoms with Crippen molar-refractivity contribution in [1.29, 1.82) is 0 Å². The SMILES string of the molecule is COc1ccccc1C(Cn1c(=O)n(C(C)(C)C(=O)N2CCOCC2)c(=O)c2c(C)c(-c3ncco3)sc21)OC(C)C. The van der Waals surface area contributed by atoms with Gasteiger partial charge in [-0.25, -0.2) is 14.3 Å². The highest BCUT2D eigenvalue weighted by Crippen LogP contribution is 2.37. The van der Waals surface area contributed by atoms with Crippen molar-refractivity contribution in [3.63, 3.8) is 0 Å². The second-order valence-corrected chi connectivity index (χ2v) is 12.0. The number of ether oxygens (including phenoxy) is 3. The van der Waals surface area contributed by atoms with Crippen LogP contribution >= 0.6 is 11.3 Å². The maximum Gasteiger partial charge on any atom is 0.333 e. The molecule has 3 aromatic heterocycles. The summed E-state index contributed by atoms with van der Waals surface area (Å²) in [4.78, 5) is 49.5. The number of rotatable bonds is 9. The third-order valence-corrected chi connectivity index (χ3v) is 8.79. The first-order valence-corrected chi connectivity index (χ1v) is 14.7. The maximum atomic E-state index is 14.5. The van der Waals surface area contributed by atoms with Crippen LogP contribution in [0.4, 0.5) is 0 Å². The Kier molecular flexibility index (Phi) is 8.40. The third kappa shape index (κ3) is 5.30. The molecule has 4 heterocycles. The maximum absolute atomic E-state index is 14.5. The van der Waals surface area contributed by atoms with Gasteiger partial charge in [-0.2, -0.15) is 0 Å². The van der Waals surface area contributed by atoms with Crippen LogP contribution in [0.1, 0.15) is 44.9 Å². The topological polar surface area (TPSA) is 118 Å². The fourth-order valence-electron chi connectivity index (χ4n) is 5.43. The highest BCUT2D eigenvalue weighted by molar-refractivity contribution is 7.22. The summed E-state index contributed by atoms with van der Waals surface area (Å²) >= 11 is 1.25. The van der Waals surface area contributed by atoms with Gasteiger partial charge >= 0.3 is 5.69 Å². The average molecular weight is 597 g/mol. The molecule has 1 amide bonds. The molecule has 0 bridgehead atoms. The number of carbonyl (C=O) groups is 1. The van der Waals surface area contributed by atoms with Crippen LogP contribution in [-0.4, -0.2) is 64.4 Å². The van der Waals surface area contributed by atoms with Crippen LogP contribution in [0.3, 0.4) is 0 Å². The fourth-order valence-corrected chi connectivity index (χ4v) is 6.67. The molecule has 1 atom stereocenters. The number of benzene rings is 1. The Labute approximate surface area is 247 Å². The summed E-state index contributed by atoms with van der Waals surface area (Å²) in [6, 6.07) is 7.48.